The Morgan fingerprint density at radius 2 is 1.94 bits per heavy atom. The molecule has 168 valence electrons. The molecule has 2 aliphatic heterocycles. The maximum absolute atomic E-state index is 13.2. The monoisotopic (exact) mass is 457 g/mol. The predicted octanol–water partition coefficient (Wildman–Crippen LogP) is 3.32. The Bertz CT molecular complexity index is 1330. The number of nitrogens with zero attached hydrogens (tertiary/aromatic N) is 1. The minimum absolute atomic E-state index is 0.0556. The summed E-state index contributed by atoms with van der Waals surface area (Å²) in [5.74, 6) is 1.97. The second kappa shape index (κ2) is 8.14. The first kappa shape index (κ1) is 20.8. The van der Waals surface area contributed by atoms with E-state index in [4.69, 9.17) is 18.6 Å². The number of ether oxygens (including phenoxy) is 3. The SMILES string of the molecule is CCOc1ccccc1Oc1coc2c3c(ccc2c1=O)OCN(C1CCS(=O)(=O)C1)C3. The summed E-state index contributed by atoms with van der Waals surface area (Å²) in [6, 6.07) is 10.4. The standard InChI is InChI=1S/C23H23NO7S/c1-2-28-19-5-3-4-6-20(19)31-21-12-29-23-16(22(21)25)7-8-18-17(23)11-24(14-30-18)15-9-10-32(26,27)13-15/h3-8,12,15H,2,9-11,13-14H2,1H3. The van der Waals surface area contributed by atoms with Crippen molar-refractivity contribution in [1.29, 1.82) is 0 Å². The van der Waals surface area contributed by atoms with Gasteiger partial charge in [-0.05, 0) is 37.6 Å². The van der Waals surface area contributed by atoms with Crippen LogP contribution in [0.4, 0.5) is 0 Å². The zero-order chi connectivity index (χ0) is 22.3. The van der Waals surface area contributed by atoms with Crippen LogP contribution < -0.4 is 19.6 Å². The van der Waals surface area contributed by atoms with Crippen molar-refractivity contribution in [1.82, 2.24) is 4.90 Å². The van der Waals surface area contributed by atoms with Gasteiger partial charge >= 0.3 is 0 Å². The molecule has 1 fully saturated rings. The second-order valence-corrected chi connectivity index (χ2v) is 10.1. The molecule has 3 aromatic rings. The first-order valence-corrected chi connectivity index (χ1v) is 12.3. The maximum Gasteiger partial charge on any atom is 0.235 e. The predicted molar refractivity (Wildman–Crippen MR) is 118 cm³/mol. The molecule has 0 saturated carbocycles. The lowest BCUT2D eigenvalue weighted by Gasteiger charge is -2.33. The van der Waals surface area contributed by atoms with Gasteiger partial charge in [0.05, 0.1) is 29.1 Å². The fourth-order valence-electron chi connectivity index (χ4n) is 4.20. The first-order chi connectivity index (χ1) is 15.4. The van der Waals surface area contributed by atoms with Crippen molar-refractivity contribution in [3.63, 3.8) is 0 Å². The topological polar surface area (TPSA) is 95.3 Å². The lowest BCUT2D eigenvalue weighted by molar-refractivity contribution is 0.0649. The molecule has 8 nitrogen and oxygen atoms in total. The smallest absolute Gasteiger partial charge is 0.235 e. The van der Waals surface area contributed by atoms with Gasteiger partial charge in [0.15, 0.2) is 21.3 Å². The number of sulfone groups is 1. The van der Waals surface area contributed by atoms with E-state index in [9.17, 15) is 13.2 Å². The van der Waals surface area contributed by atoms with Crippen LogP contribution in [0, 0.1) is 0 Å². The Balaban J connectivity index is 1.48. The third-order valence-electron chi connectivity index (χ3n) is 5.81. The zero-order valence-electron chi connectivity index (χ0n) is 17.6. The number of fused-ring (bicyclic) bond motifs is 3. The van der Waals surface area contributed by atoms with E-state index in [1.165, 1.54) is 6.26 Å². The van der Waals surface area contributed by atoms with Crippen molar-refractivity contribution < 1.29 is 27.0 Å². The van der Waals surface area contributed by atoms with E-state index >= 15 is 0 Å². The highest BCUT2D eigenvalue weighted by atomic mass is 32.2. The molecule has 2 aromatic carbocycles. The van der Waals surface area contributed by atoms with Crippen molar-refractivity contribution in [2.45, 2.75) is 25.9 Å². The van der Waals surface area contributed by atoms with Crippen molar-refractivity contribution >= 4 is 20.8 Å². The Morgan fingerprint density at radius 1 is 1.12 bits per heavy atom. The zero-order valence-corrected chi connectivity index (χ0v) is 18.4. The number of para-hydroxylation sites is 2. The van der Waals surface area contributed by atoms with Crippen LogP contribution in [-0.2, 0) is 16.4 Å². The van der Waals surface area contributed by atoms with Gasteiger partial charge in [-0.25, -0.2) is 8.42 Å². The Morgan fingerprint density at radius 3 is 2.69 bits per heavy atom. The van der Waals surface area contributed by atoms with Crippen LogP contribution in [0.1, 0.15) is 18.9 Å². The van der Waals surface area contributed by atoms with Crippen molar-refractivity contribution in [3.8, 4) is 23.0 Å². The molecule has 0 amide bonds. The van der Waals surface area contributed by atoms with Crippen LogP contribution in [0.25, 0.3) is 11.0 Å². The summed E-state index contributed by atoms with van der Waals surface area (Å²) in [5.41, 5.74) is 0.848. The second-order valence-electron chi connectivity index (χ2n) is 7.91. The van der Waals surface area contributed by atoms with Crippen LogP contribution in [0.5, 0.6) is 23.0 Å². The fourth-order valence-corrected chi connectivity index (χ4v) is 5.97. The molecule has 0 aliphatic carbocycles. The van der Waals surface area contributed by atoms with Gasteiger partial charge in [-0.1, -0.05) is 12.1 Å². The summed E-state index contributed by atoms with van der Waals surface area (Å²) in [6.45, 7) is 3.09. The molecule has 1 atom stereocenters. The van der Waals surface area contributed by atoms with Crippen LogP contribution in [0.15, 0.2) is 51.9 Å². The van der Waals surface area contributed by atoms with Crippen LogP contribution in [-0.4, -0.2) is 44.2 Å². The van der Waals surface area contributed by atoms with Crippen LogP contribution in [0.2, 0.25) is 0 Å². The molecule has 5 rings (SSSR count). The molecule has 2 aliphatic rings. The number of benzene rings is 2. The molecule has 0 radical (unpaired) electrons. The maximum atomic E-state index is 13.2. The Hall–Kier alpha value is -3.04. The number of hydrogen-bond acceptors (Lipinski definition) is 8. The first-order valence-electron chi connectivity index (χ1n) is 10.5. The van der Waals surface area contributed by atoms with E-state index in [2.05, 4.69) is 0 Å². The highest BCUT2D eigenvalue weighted by Crippen LogP contribution is 2.35. The van der Waals surface area contributed by atoms with Crippen molar-refractivity contribution in [2.75, 3.05) is 24.8 Å². The number of rotatable bonds is 5. The molecular weight excluding hydrogens is 434 g/mol. The summed E-state index contributed by atoms with van der Waals surface area (Å²) in [4.78, 5) is 15.1. The molecule has 9 heteroatoms. The minimum Gasteiger partial charge on any atom is -0.490 e. The van der Waals surface area contributed by atoms with Gasteiger partial charge in [0.1, 0.15) is 24.3 Å². The molecule has 32 heavy (non-hydrogen) atoms. The van der Waals surface area contributed by atoms with Gasteiger partial charge in [0.2, 0.25) is 11.2 Å². The van der Waals surface area contributed by atoms with Crippen molar-refractivity contribution in [2.24, 2.45) is 0 Å². The van der Waals surface area contributed by atoms with Crippen molar-refractivity contribution in [3.05, 3.63) is 58.4 Å². The molecule has 0 N–H and O–H groups in total. The largest absolute Gasteiger partial charge is 0.490 e. The molecule has 1 aromatic heterocycles. The summed E-state index contributed by atoms with van der Waals surface area (Å²) >= 11 is 0. The average Bonchev–Trinajstić information content (AvgIpc) is 3.16. The molecule has 0 bridgehead atoms. The summed E-state index contributed by atoms with van der Waals surface area (Å²) in [5, 5.41) is 0.375. The molecule has 0 spiro atoms. The lowest BCUT2D eigenvalue weighted by Crippen LogP contribution is -2.41. The lowest BCUT2D eigenvalue weighted by atomic mass is 10.1. The summed E-state index contributed by atoms with van der Waals surface area (Å²) in [7, 11) is -3.01. The third-order valence-corrected chi connectivity index (χ3v) is 7.56. The van der Waals surface area contributed by atoms with E-state index in [0.29, 0.717) is 54.5 Å². The molecule has 1 unspecified atom stereocenters. The van der Waals surface area contributed by atoms with E-state index in [1.54, 1.807) is 30.3 Å². The average molecular weight is 458 g/mol. The molecule has 3 heterocycles. The third kappa shape index (κ3) is 3.82. The van der Waals surface area contributed by atoms with E-state index in [0.717, 1.165) is 5.56 Å². The van der Waals surface area contributed by atoms with Gasteiger partial charge < -0.3 is 18.6 Å². The van der Waals surface area contributed by atoms with Gasteiger partial charge in [-0.15, -0.1) is 0 Å². The normalized spacial score (nSPS) is 20.0. The number of hydrogen-bond donors (Lipinski definition) is 0. The summed E-state index contributed by atoms with van der Waals surface area (Å²) < 4.78 is 46.9. The summed E-state index contributed by atoms with van der Waals surface area (Å²) in [6.07, 6.45) is 1.87. The fraction of sp³-hybridized carbons (Fsp3) is 0.348. The van der Waals surface area contributed by atoms with Crippen LogP contribution >= 0.6 is 0 Å². The van der Waals surface area contributed by atoms with Gasteiger partial charge in [-0.3, -0.25) is 9.69 Å². The van der Waals surface area contributed by atoms with Gasteiger partial charge in [-0.2, -0.15) is 0 Å². The van der Waals surface area contributed by atoms with E-state index in [-0.39, 0.29) is 28.7 Å². The van der Waals surface area contributed by atoms with Gasteiger partial charge in [0.25, 0.3) is 0 Å². The quantitative estimate of drug-likeness (QED) is 0.576. The Labute approximate surface area is 185 Å². The van der Waals surface area contributed by atoms with Crippen LogP contribution in [0.3, 0.4) is 0 Å². The molecule has 1 saturated heterocycles. The molecular formula is C23H23NO7S. The minimum atomic E-state index is -3.01. The van der Waals surface area contributed by atoms with E-state index in [1.807, 2.05) is 17.9 Å². The Kier molecular flexibility index (Phi) is 5.30. The van der Waals surface area contributed by atoms with Gasteiger partial charge in [0, 0.05) is 12.6 Å². The highest BCUT2D eigenvalue weighted by Gasteiger charge is 2.35. The highest BCUT2D eigenvalue weighted by molar-refractivity contribution is 7.91. The van der Waals surface area contributed by atoms with E-state index < -0.39 is 9.84 Å².